The van der Waals surface area contributed by atoms with Crippen molar-refractivity contribution in [3.63, 3.8) is 0 Å². The number of halogens is 1. The molecule has 22 heavy (non-hydrogen) atoms. The highest BCUT2D eigenvalue weighted by molar-refractivity contribution is 7.13. The fourth-order valence-corrected chi connectivity index (χ4v) is 3.03. The van der Waals surface area contributed by atoms with Gasteiger partial charge in [0.15, 0.2) is 0 Å². The summed E-state index contributed by atoms with van der Waals surface area (Å²) in [5.74, 6) is -0.487. The average Bonchev–Trinajstić information content (AvgIpc) is 3.02. The summed E-state index contributed by atoms with van der Waals surface area (Å²) in [5, 5.41) is 4.91. The summed E-state index contributed by atoms with van der Waals surface area (Å²) in [6, 6.07) is 17.8. The van der Waals surface area contributed by atoms with Gasteiger partial charge in [-0.05, 0) is 35.2 Å². The molecule has 0 bridgehead atoms. The number of carbonyl (C=O) groups is 1. The molecule has 2 nitrogen and oxygen atoms in total. The van der Waals surface area contributed by atoms with Crippen LogP contribution in [-0.2, 0) is 11.2 Å². The first-order valence-electron chi connectivity index (χ1n) is 6.89. The van der Waals surface area contributed by atoms with Crippen LogP contribution in [0, 0.1) is 5.82 Å². The summed E-state index contributed by atoms with van der Waals surface area (Å²) >= 11 is 1.62. The van der Waals surface area contributed by atoms with Gasteiger partial charge < -0.3 is 5.32 Å². The summed E-state index contributed by atoms with van der Waals surface area (Å²) < 4.78 is 13.2. The van der Waals surface area contributed by atoms with E-state index in [0.717, 1.165) is 16.1 Å². The Kier molecular flexibility index (Phi) is 4.30. The molecule has 110 valence electrons. The van der Waals surface area contributed by atoms with Gasteiger partial charge >= 0.3 is 0 Å². The molecule has 0 fully saturated rings. The van der Waals surface area contributed by atoms with Crippen molar-refractivity contribution < 1.29 is 9.18 Å². The van der Waals surface area contributed by atoms with Crippen molar-refractivity contribution in [3.8, 4) is 10.4 Å². The van der Waals surface area contributed by atoms with Crippen LogP contribution >= 0.6 is 11.3 Å². The first-order valence-corrected chi connectivity index (χ1v) is 7.77. The number of hydrogen-bond acceptors (Lipinski definition) is 2. The largest absolute Gasteiger partial charge is 0.325 e. The van der Waals surface area contributed by atoms with E-state index >= 15 is 0 Å². The molecule has 1 heterocycles. The van der Waals surface area contributed by atoms with E-state index in [-0.39, 0.29) is 18.1 Å². The molecule has 0 radical (unpaired) electrons. The minimum absolute atomic E-state index is 0.149. The van der Waals surface area contributed by atoms with E-state index in [1.165, 1.54) is 12.1 Å². The number of carbonyl (C=O) groups excluding carboxylic acids is 1. The van der Waals surface area contributed by atoms with Crippen LogP contribution in [0.5, 0.6) is 0 Å². The molecule has 0 spiro atoms. The maximum absolute atomic E-state index is 13.2. The van der Waals surface area contributed by atoms with Gasteiger partial charge in [-0.15, -0.1) is 11.3 Å². The average molecular weight is 311 g/mol. The van der Waals surface area contributed by atoms with Gasteiger partial charge in [0.05, 0.1) is 6.42 Å². The van der Waals surface area contributed by atoms with Crippen LogP contribution in [0.1, 0.15) is 5.56 Å². The molecule has 0 saturated carbocycles. The lowest BCUT2D eigenvalue weighted by atomic mass is 10.1. The Morgan fingerprint density at radius 3 is 2.68 bits per heavy atom. The summed E-state index contributed by atoms with van der Waals surface area (Å²) in [7, 11) is 0. The minimum atomic E-state index is -0.329. The Hall–Kier alpha value is -2.46. The number of hydrogen-bond donors (Lipinski definition) is 1. The lowest BCUT2D eigenvalue weighted by Crippen LogP contribution is -2.15. The predicted molar refractivity (Wildman–Crippen MR) is 88.5 cm³/mol. The van der Waals surface area contributed by atoms with Crippen LogP contribution in [0.2, 0.25) is 0 Å². The fourth-order valence-electron chi connectivity index (χ4n) is 2.27. The number of para-hydroxylation sites is 1. The number of anilines is 1. The van der Waals surface area contributed by atoms with Crippen molar-refractivity contribution in [1.82, 2.24) is 0 Å². The van der Waals surface area contributed by atoms with Crippen LogP contribution in [0.4, 0.5) is 10.1 Å². The number of thiophene rings is 1. The van der Waals surface area contributed by atoms with Crippen LogP contribution in [0.15, 0.2) is 66.0 Å². The lowest BCUT2D eigenvalue weighted by Gasteiger charge is -2.10. The van der Waals surface area contributed by atoms with Gasteiger partial charge in [-0.3, -0.25) is 4.79 Å². The third-order valence-electron chi connectivity index (χ3n) is 3.24. The minimum Gasteiger partial charge on any atom is -0.325 e. The van der Waals surface area contributed by atoms with Gasteiger partial charge in [0.1, 0.15) is 5.82 Å². The third-order valence-corrected chi connectivity index (χ3v) is 4.14. The van der Waals surface area contributed by atoms with Gasteiger partial charge in [-0.25, -0.2) is 4.39 Å². The van der Waals surface area contributed by atoms with E-state index in [1.807, 2.05) is 41.8 Å². The number of benzene rings is 2. The molecule has 0 aliphatic carbocycles. The second kappa shape index (κ2) is 6.54. The summed E-state index contributed by atoms with van der Waals surface area (Å²) in [6.07, 6.45) is 0.149. The number of amides is 1. The smallest absolute Gasteiger partial charge is 0.228 e. The number of rotatable bonds is 4. The third kappa shape index (κ3) is 3.40. The molecule has 1 N–H and O–H groups in total. The second-order valence-electron chi connectivity index (χ2n) is 4.88. The molecule has 2 aromatic carbocycles. The van der Waals surface area contributed by atoms with Gasteiger partial charge in [-0.1, -0.05) is 36.4 Å². The topological polar surface area (TPSA) is 29.1 Å². The highest BCUT2D eigenvalue weighted by atomic mass is 32.1. The molecular weight excluding hydrogens is 297 g/mol. The highest BCUT2D eigenvalue weighted by Gasteiger charge is 2.09. The zero-order chi connectivity index (χ0) is 15.4. The van der Waals surface area contributed by atoms with Gasteiger partial charge in [-0.2, -0.15) is 0 Å². The van der Waals surface area contributed by atoms with Crippen molar-refractivity contribution in [2.45, 2.75) is 6.42 Å². The molecule has 0 unspecified atom stereocenters. The van der Waals surface area contributed by atoms with Crippen LogP contribution in [0.25, 0.3) is 10.4 Å². The van der Waals surface area contributed by atoms with Crippen molar-refractivity contribution in [3.05, 3.63) is 77.4 Å². The van der Waals surface area contributed by atoms with Gasteiger partial charge in [0, 0.05) is 16.1 Å². The molecule has 3 rings (SSSR count). The van der Waals surface area contributed by atoms with Crippen molar-refractivity contribution in [2.24, 2.45) is 0 Å². The molecular formula is C18H14FNOS. The Labute approximate surface area is 132 Å². The van der Waals surface area contributed by atoms with E-state index in [4.69, 9.17) is 0 Å². The summed E-state index contributed by atoms with van der Waals surface area (Å²) in [5.41, 5.74) is 2.42. The van der Waals surface area contributed by atoms with Crippen LogP contribution in [0.3, 0.4) is 0 Å². The molecule has 0 saturated heterocycles. The second-order valence-corrected chi connectivity index (χ2v) is 5.83. The van der Waals surface area contributed by atoms with Gasteiger partial charge in [0.25, 0.3) is 0 Å². The van der Waals surface area contributed by atoms with E-state index in [1.54, 1.807) is 23.5 Å². The maximum Gasteiger partial charge on any atom is 0.228 e. The Bertz CT molecular complexity index is 783. The zero-order valence-electron chi connectivity index (χ0n) is 11.8. The molecule has 0 aliphatic heterocycles. The predicted octanol–water partition coefficient (Wildman–Crippen LogP) is 4.74. The van der Waals surface area contributed by atoms with Crippen LogP contribution < -0.4 is 5.32 Å². The molecule has 1 amide bonds. The molecule has 4 heteroatoms. The first-order chi connectivity index (χ1) is 10.7. The molecule has 3 aromatic rings. The molecule has 0 atom stereocenters. The van der Waals surface area contributed by atoms with Crippen molar-refractivity contribution in [1.29, 1.82) is 0 Å². The Balaban J connectivity index is 1.77. The summed E-state index contributed by atoms with van der Waals surface area (Å²) in [4.78, 5) is 13.3. The highest BCUT2D eigenvalue weighted by Crippen LogP contribution is 2.31. The molecule has 1 aromatic heterocycles. The normalized spacial score (nSPS) is 10.4. The fraction of sp³-hybridized carbons (Fsp3) is 0.0556. The van der Waals surface area contributed by atoms with E-state index in [0.29, 0.717) is 5.56 Å². The molecule has 0 aliphatic rings. The van der Waals surface area contributed by atoms with Crippen LogP contribution in [-0.4, -0.2) is 5.91 Å². The maximum atomic E-state index is 13.2. The van der Waals surface area contributed by atoms with Gasteiger partial charge in [0.2, 0.25) is 5.91 Å². The number of nitrogens with one attached hydrogen (secondary N) is 1. The van der Waals surface area contributed by atoms with Crippen molar-refractivity contribution >= 4 is 22.9 Å². The first kappa shape index (κ1) is 14.5. The summed E-state index contributed by atoms with van der Waals surface area (Å²) in [6.45, 7) is 0. The monoisotopic (exact) mass is 311 g/mol. The Morgan fingerprint density at radius 2 is 1.91 bits per heavy atom. The zero-order valence-corrected chi connectivity index (χ0v) is 12.6. The van der Waals surface area contributed by atoms with Crippen molar-refractivity contribution in [2.75, 3.05) is 5.32 Å². The lowest BCUT2D eigenvalue weighted by molar-refractivity contribution is -0.115. The SMILES string of the molecule is O=C(Cc1cccc(F)c1)Nc1ccccc1-c1cccs1. The van der Waals surface area contributed by atoms with E-state index in [2.05, 4.69) is 5.32 Å². The standard InChI is InChI=1S/C18H14FNOS/c19-14-6-3-5-13(11-14)12-18(21)20-16-8-2-1-7-15(16)17-9-4-10-22-17/h1-11H,12H2,(H,20,21). The van der Waals surface area contributed by atoms with E-state index < -0.39 is 0 Å². The van der Waals surface area contributed by atoms with E-state index in [9.17, 15) is 9.18 Å². The Morgan fingerprint density at radius 1 is 1.05 bits per heavy atom. The quantitative estimate of drug-likeness (QED) is 0.741.